The van der Waals surface area contributed by atoms with Crippen LogP contribution in [0.4, 0.5) is 13.2 Å². The first-order valence-electron chi connectivity index (χ1n) is 10.0. The summed E-state index contributed by atoms with van der Waals surface area (Å²) in [6, 6.07) is 17.7. The van der Waals surface area contributed by atoms with Gasteiger partial charge in [0.2, 0.25) is 0 Å². The van der Waals surface area contributed by atoms with E-state index in [0.29, 0.717) is 16.7 Å². The van der Waals surface area contributed by atoms with Crippen LogP contribution in [0, 0.1) is 0 Å². The number of hydrogen-bond donors (Lipinski definition) is 0. The van der Waals surface area contributed by atoms with E-state index in [4.69, 9.17) is 4.42 Å². The number of rotatable bonds is 1. The van der Waals surface area contributed by atoms with Gasteiger partial charge in [-0.2, -0.15) is 13.2 Å². The van der Waals surface area contributed by atoms with E-state index in [1.165, 1.54) is 17.0 Å². The van der Waals surface area contributed by atoms with Gasteiger partial charge in [-0.3, -0.25) is 4.98 Å². The van der Waals surface area contributed by atoms with Crippen LogP contribution in [0.2, 0.25) is 0 Å². The summed E-state index contributed by atoms with van der Waals surface area (Å²) in [6.07, 6.45) is -2.75. The van der Waals surface area contributed by atoms with Crippen LogP contribution < -0.4 is 0 Å². The van der Waals surface area contributed by atoms with E-state index in [9.17, 15) is 13.2 Å². The van der Waals surface area contributed by atoms with Crippen molar-refractivity contribution in [2.75, 3.05) is 0 Å². The van der Waals surface area contributed by atoms with E-state index in [0.717, 1.165) is 28.5 Å². The average molecular weight is 419 g/mol. The SMILES string of the molecule is CC(C)(C)c1cc(-c2nccc3c2oc2cc(C(F)(F)F)ccc23)cc2ccccc12. The van der Waals surface area contributed by atoms with Gasteiger partial charge in [0.15, 0.2) is 5.58 Å². The molecule has 5 heteroatoms. The summed E-state index contributed by atoms with van der Waals surface area (Å²) in [5, 5.41) is 3.65. The van der Waals surface area contributed by atoms with Gasteiger partial charge < -0.3 is 4.42 Å². The molecule has 0 N–H and O–H groups in total. The van der Waals surface area contributed by atoms with E-state index < -0.39 is 11.7 Å². The van der Waals surface area contributed by atoms with Crippen molar-refractivity contribution < 1.29 is 17.6 Å². The quantitative estimate of drug-likeness (QED) is 0.274. The minimum Gasteiger partial charge on any atom is -0.454 e. The van der Waals surface area contributed by atoms with E-state index >= 15 is 0 Å². The number of pyridine rings is 1. The first kappa shape index (κ1) is 19.6. The number of aromatic nitrogens is 1. The van der Waals surface area contributed by atoms with E-state index in [1.54, 1.807) is 12.3 Å². The second kappa shape index (κ2) is 6.58. The van der Waals surface area contributed by atoms with Crippen molar-refractivity contribution in [1.29, 1.82) is 0 Å². The third-order valence-electron chi connectivity index (χ3n) is 5.66. The lowest BCUT2D eigenvalue weighted by Crippen LogP contribution is -2.12. The van der Waals surface area contributed by atoms with E-state index in [-0.39, 0.29) is 11.0 Å². The topological polar surface area (TPSA) is 26.0 Å². The van der Waals surface area contributed by atoms with Gasteiger partial charge in [0.05, 0.1) is 5.56 Å². The first-order valence-corrected chi connectivity index (χ1v) is 10.0. The summed E-state index contributed by atoms with van der Waals surface area (Å²) in [5.74, 6) is 0. The Hall–Kier alpha value is -3.34. The van der Waals surface area contributed by atoms with Crippen molar-refractivity contribution in [2.24, 2.45) is 0 Å². The van der Waals surface area contributed by atoms with Crippen LogP contribution in [0.5, 0.6) is 0 Å². The summed E-state index contributed by atoms with van der Waals surface area (Å²) in [6.45, 7) is 6.48. The van der Waals surface area contributed by atoms with Crippen molar-refractivity contribution in [3.05, 3.63) is 78.0 Å². The fraction of sp³-hybridized carbons (Fsp3) is 0.192. The smallest absolute Gasteiger partial charge is 0.416 e. The van der Waals surface area contributed by atoms with Crippen LogP contribution in [0.1, 0.15) is 31.9 Å². The van der Waals surface area contributed by atoms with Gasteiger partial charge in [-0.25, -0.2) is 0 Å². The number of benzene rings is 3. The molecule has 156 valence electrons. The highest BCUT2D eigenvalue weighted by Gasteiger charge is 2.31. The number of fused-ring (bicyclic) bond motifs is 4. The summed E-state index contributed by atoms with van der Waals surface area (Å²) < 4.78 is 45.4. The molecule has 0 aliphatic rings. The Labute approximate surface area is 177 Å². The molecule has 0 aliphatic carbocycles. The molecule has 0 bridgehead atoms. The van der Waals surface area contributed by atoms with Gasteiger partial charge in [0.1, 0.15) is 11.3 Å². The maximum absolute atomic E-state index is 13.2. The molecular formula is C26H20F3NO. The lowest BCUT2D eigenvalue weighted by molar-refractivity contribution is -0.137. The molecule has 5 rings (SSSR count). The van der Waals surface area contributed by atoms with Gasteiger partial charge in [-0.1, -0.05) is 45.0 Å². The largest absolute Gasteiger partial charge is 0.454 e. The Morgan fingerprint density at radius 3 is 2.32 bits per heavy atom. The van der Waals surface area contributed by atoms with Crippen molar-refractivity contribution in [3.63, 3.8) is 0 Å². The predicted octanol–water partition coefficient (Wildman–Crippen LogP) is 8.12. The predicted molar refractivity (Wildman–Crippen MR) is 118 cm³/mol. The Balaban J connectivity index is 1.80. The lowest BCUT2D eigenvalue weighted by Gasteiger charge is -2.22. The highest BCUT2D eigenvalue weighted by Crippen LogP contribution is 2.40. The standard InChI is InChI=1S/C26H20F3NO/c1-25(2,3)21-13-16(12-15-6-4-5-7-18(15)21)23-24-20(10-11-30-23)19-9-8-17(26(27,28)29)14-22(19)31-24/h4-14H,1-3H3. The summed E-state index contributed by atoms with van der Waals surface area (Å²) >= 11 is 0. The van der Waals surface area contributed by atoms with Crippen LogP contribution in [-0.4, -0.2) is 4.98 Å². The third kappa shape index (κ3) is 3.25. The second-order valence-corrected chi connectivity index (χ2v) is 8.84. The molecule has 2 aromatic heterocycles. The zero-order valence-electron chi connectivity index (χ0n) is 17.3. The normalized spacial score (nSPS) is 12.8. The fourth-order valence-corrected chi connectivity index (χ4v) is 4.15. The summed E-state index contributed by atoms with van der Waals surface area (Å²) in [7, 11) is 0. The fourth-order valence-electron chi connectivity index (χ4n) is 4.15. The molecule has 0 amide bonds. The molecule has 0 saturated heterocycles. The van der Waals surface area contributed by atoms with Crippen LogP contribution in [-0.2, 0) is 11.6 Å². The number of alkyl halides is 3. The van der Waals surface area contributed by atoms with Gasteiger partial charge >= 0.3 is 6.18 Å². The summed E-state index contributed by atoms with van der Waals surface area (Å²) in [4.78, 5) is 4.56. The van der Waals surface area contributed by atoms with Crippen molar-refractivity contribution >= 4 is 32.7 Å². The molecular weight excluding hydrogens is 399 g/mol. The summed E-state index contributed by atoms with van der Waals surface area (Å²) in [5.41, 5.74) is 2.55. The van der Waals surface area contributed by atoms with E-state index in [1.807, 2.05) is 12.1 Å². The average Bonchev–Trinajstić information content (AvgIpc) is 3.09. The highest BCUT2D eigenvalue weighted by atomic mass is 19.4. The Morgan fingerprint density at radius 1 is 0.806 bits per heavy atom. The molecule has 31 heavy (non-hydrogen) atoms. The Morgan fingerprint density at radius 2 is 1.58 bits per heavy atom. The highest BCUT2D eigenvalue weighted by molar-refractivity contribution is 6.09. The van der Waals surface area contributed by atoms with Crippen LogP contribution in [0.3, 0.4) is 0 Å². The molecule has 3 aromatic carbocycles. The van der Waals surface area contributed by atoms with E-state index in [2.05, 4.69) is 50.0 Å². The molecule has 0 radical (unpaired) electrons. The maximum atomic E-state index is 13.2. The zero-order chi connectivity index (χ0) is 22.0. The third-order valence-corrected chi connectivity index (χ3v) is 5.66. The maximum Gasteiger partial charge on any atom is 0.416 e. The van der Waals surface area contributed by atoms with Crippen molar-refractivity contribution in [3.8, 4) is 11.3 Å². The minimum atomic E-state index is -4.42. The van der Waals surface area contributed by atoms with Gasteiger partial charge in [-0.15, -0.1) is 0 Å². The van der Waals surface area contributed by atoms with Crippen LogP contribution in [0.25, 0.3) is 44.0 Å². The second-order valence-electron chi connectivity index (χ2n) is 8.84. The van der Waals surface area contributed by atoms with Gasteiger partial charge in [0.25, 0.3) is 0 Å². The molecule has 0 fully saturated rings. The number of hydrogen-bond acceptors (Lipinski definition) is 2. The Bertz CT molecular complexity index is 1460. The van der Waals surface area contributed by atoms with Crippen LogP contribution >= 0.6 is 0 Å². The molecule has 5 aromatic rings. The molecule has 0 saturated carbocycles. The number of furan rings is 1. The molecule has 2 nitrogen and oxygen atoms in total. The molecule has 0 spiro atoms. The molecule has 0 aliphatic heterocycles. The van der Waals surface area contributed by atoms with Crippen molar-refractivity contribution in [2.45, 2.75) is 32.4 Å². The molecule has 2 heterocycles. The Kier molecular flexibility index (Phi) is 4.16. The molecule has 0 unspecified atom stereocenters. The minimum absolute atomic E-state index is 0.0982. The lowest BCUT2D eigenvalue weighted by atomic mass is 9.82. The van der Waals surface area contributed by atoms with Crippen LogP contribution in [0.15, 0.2) is 71.3 Å². The molecule has 0 atom stereocenters. The number of halogens is 3. The monoisotopic (exact) mass is 419 g/mol. The van der Waals surface area contributed by atoms with Gasteiger partial charge in [0, 0.05) is 22.5 Å². The number of nitrogens with zero attached hydrogens (tertiary/aromatic N) is 1. The first-order chi connectivity index (χ1) is 14.6. The zero-order valence-corrected chi connectivity index (χ0v) is 17.3. The van der Waals surface area contributed by atoms with Crippen molar-refractivity contribution in [1.82, 2.24) is 4.98 Å². The van der Waals surface area contributed by atoms with Gasteiger partial charge in [-0.05, 0) is 58.1 Å².